The van der Waals surface area contributed by atoms with Crippen molar-refractivity contribution < 1.29 is 13.2 Å². The third kappa shape index (κ3) is 3.13. The lowest BCUT2D eigenvalue weighted by atomic mass is 9.96. The van der Waals surface area contributed by atoms with Crippen molar-refractivity contribution in [3.8, 4) is 0 Å². The molecule has 2 aromatic carbocycles. The van der Waals surface area contributed by atoms with Crippen molar-refractivity contribution in [2.75, 3.05) is 6.26 Å². The molecule has 23 heavy (non-hydrogen) atoms. The first-order valence-electron chi connectivity index (χ1n) is 7.50. The van der Waals surface area contributed by atoms with E-state index in [1.165, 1.54) is 6.26 Å². The highest BCUT2D eigenvalue weighted by molar-refractivity contribution is 7.90. The minimum absolute atomic E-state index is 0.149. The van der Waals surface area contributed by atoms with Gasteiger partial charge in [0, 0.05) is 18.2 Å². The van der Waals surface area contributed by atoms with E-state index < -0.39 is 9.84 Å². The van der Waals surface area contributed by atoms with Gasteiger partial charge < -0.3 is 0 Å². The molecule has 0 spiro atoms. The molecule has 0 heterocycles. The van der Waals surface area contributed by atoms with Crippen LogP contribution in [0.3, 0.4) is 0 Å². The van der Waals surface area contributed by atoms with Gasteiger partial charge in [0.2, 0.25) is 0 Å². The van der Waals surface area contributed by atoms with Crippen molar-refractivity contribution >= 4 is 26.8 Å². The molecule has 3 rings (SSSR count). The number of benzene rings is 2. The largest absolute Gasteiger partial charge is 0.294 e. The molecule has 0 N–H and O–H groups in total. The van der Waals surface area contributed by atoms with Crippen LogP contribution in [0.1, 0.15) is 29.5 Å². The number of carbonyl (C=O) groups is 1. The average Bonchev–Trinajstić information content (AvgIpc) is 2.89. The molecule has 0 aromatic heterocycles. The number of hydrogen-bond donors (Lipinski definition) is 0. The summed E-state index contributed by atoms with van der Waals surface area (Å²) in [5.41, 5.74) is 4.76. The Bertz CT molecular complexity index is 887. The van der Waals surface area contributed by atoms with Crippen LogP contribution in [0.2, 0.25) is 0 Å². The molecular weight excluding hydrogens is 308 g/mol. The normalized spacial score (nSPS) is 15.3. The van der Waals surface area contributed by atoms with E-state index >= 15 is 0 Å². The van der Waals surface area contributed by atoms with Crippen LogP contribution in [0, 0.1) is 6.92 Å². The number of carbonyl (C=O) groups excluding carboxylic acids is 1. The average molecular weight is 326 g/mol. The number of aryl methyl sites for hydroxylation is 1. The molecule has 1 aliphatic carbocycles. The molecule has 1 aliphatic rings. The molecule has 0 amide bonds. The highest BCUT2D eigenvalue weighted by Crippen LogP contribution is 2.37. The van der Waals surface area contributed by atoms with Crippen molar-refractivity contribution in [1.29, 1.82) is 0 Å². The van der Waals surface area contributed by atoms with Crippen molar-refractivity contribution in [2.24, 2.45) is 0 Å². The predicted octanol–water partition coefficient (Wildman–Crippen LogP) is 3.67. The molecule has 0 saturated carbocycles. The van der Waals surface area contributed by atoms with Crippen LogP contribution in [-0.4, -0.2) is 20.5 Å². The Labute approximate surface area is 136 Å². The molecule has 4 heteroatoms. The summed E-state index contributed by atoms with van der Waals surface area (Å²) < 4.78 is 23.1. The van der Waals surface area contributed by atoms with Gasteiger partial charge in [-0.3, -0.25) is 4.79 Å². The summed E-state index contributed by atoms with van der Waals surface area (Å²) in [4.78, 5) is 12.6. The Morgan fingerprint density at radius 2 is 1.39 bits per heavy atom. The van der Waals surface area contributed by atoms with Crippen molar-refractivity contribution in [2.45, 2.75) is 24.7 Å². The van der Waals surface area contributed by atoms with Gasteiger partial charge in [-0.15, -0.1) is 0 Å². The molecule has 118 valence electrons. The first kappa shape index (κ1) is 15.7. The lowest BCUT2D eigenvalue weighted by molar-refractivity contribution is -0.113. The predicted molar refractivity (Wildman–Crippen MR) is 91.8 cm³/mol. The van der Waals surface area contributed by atoms with E-state index in [9.17, 15) is 13.2 Å². The smallest absolute Gasteiger partial charge is 0.175 e. The Balaban J connectivity index is 2.08. The Morgan fingerprint density at radius 3 is 1.96 bits per heavy atom. The molecule has 0 unspecified atom stereocenters. The molecule has 3 nitrogen and oxygen atoms in total. The summed E-state index contributed by atoms with van der Waals surface area (Å²) in [5, 5.41) is 0. The lowest BCUT2D eigenvalue weighted by Gasteiger charge is -2.08. The summed E-state index contributed by atoms with van der Waals surface area (Å²) in [6, 6.07) is 14.7. The van der Waals surface area contributed by atoms with E-state index in [0.717, 1.165) is 27.8 Å². The van der Waals surface area contributed by atoms with E-state index in [1.807, 2.05) is 31.2 Å². The Morgan fingerprint density at radius 1 is 0.826 bits per heavy atom. The number of hydrogen-bond acceptors (Lipinski definition) is 3. The fourth-order valence-corrected chi connectivity index (χ4v) is 3.53. The van der Waals surface area contributed by atoms with Gasteiger partial charge in [0.25, 0.3) is 0 Å². The van der Waals surface area contributed by atoms with Crippen LogP contribution < -0.4 is 0 Å². The lowest BCUT2D eigenvalue weighted by Crippen LogP contribution is -1.98. The molecule has 0 atom stereocenters. The van der Waals surface area contributed by atoms with Crippen LogP contribution in [0.5, 0.6) is 0 Å². The standard InChI is InChI=1S/C19H18O3S/c1-13-3-5-15(6-4-13)19-17(11-12-18(19)20)14-7-9-16(10-8-14)23(2,21)22/h3-10H,11-12H2,1-2H3. The Kier molecular flexibility index (Phi) is 3.94. The van der Waals surface area contributed by atoms with Gasteiger partial charge in [0.05, 0.1) is 4.90 Å². The number of rotatable bonds is 3. The fraction of sp³-hybridized carbons (Fsp3) is 0.211. The topological polar surface area (TPSA) is 51.2 Å². The minimum Gasteiger partial charge on any atom is -0.294 e. The van der Waals surface area contributed by atoms with Gasteiger partial charge in [0.15, 0.2) is 15.6 Å². The van der Waals surface area contributed by atoms with Crippen molar-refractivity contribution in [3.63, 3.8) is 0 Å². The zero-order chi connectivity index (χ0) is 16.6. The zero-order valence-electron chi connectivity index (χ0n) is 13.2. The van der Waals surface area contributed by atoms with Crippen LogP contribution in [0.4, 0.5) is 0 Å². The van der Waals surface area contributed by atoms with E-state index in [-0.39, 0.29) is 5.78 Å². The molecule has 0 bridgehead atoms. The van der Waals surface area contributed by atoms with Crippen molar-refractivity contribution in [1.82, 2.24) is 0 Å². The molecule has 0 radical (unpaired) electrons. The molecule has 0 saturated heterocycles. The second-order valence-corrected chi connectivity index (χ2v) is 7.96. The van der Waals surface area contributed by atoms with Gasteiger partial charge in [-0.05, 0) is 42.2 Å². The third-order valence-corrected chi connectivity index (χ3v) is 5.28. The monoisotopic (exact) mass is 326 g/mol. The summed E-state index contributed by atoms with van der Waals surface area (Å²) in [5.74, 6) is 0.149. The number of allylic oxidation sites excluding steroid dienone is 2. The number of sulfone groups is 1. The second-order valence-electron chi connectivity index (χ2n) is 5.94. The molecular formula is C19H18O3S. The highest BCUT2D eigenvalue weighted by Gasteiger charge is 2.25. The summed E-state index contributed by atoms with van der Waals surface area (Å²) in [7, 11) is -3.21. The highest BCUT2D eigenvalue weighted by atomic mass is 32.2. The Hall–Kier alpha value is -2.20. The fourth-order valence-electron chi connectivity index (χ4n) is 2.90. The summed E-state index contributed by atoms with van der Waals surface area (Å²) in [6.07, 6.45) is 2.39. The van der Waals surface area contributed by atoms with E-state index in [1.54, 1.807) is 24.3 Å². The maximum Gasteiger partial charge on any atom is 0.175 e. The van der Waals surface area contributed by atoms with Crippen molar-refractivity contribution in [3.05, 3.63) is 65.2 Å². The first-order valence-corrected chi connectivity index (χ1v) is 9.39. The van der Waals surface area contributed by atoms with E-state index in [4.69, 9.17) is 0 Å². The molecule has 0 aliphatic heterocycles. The quantitative estimate of drug-likeness (QED) is 0.864. The van der Waals surface area contributed by atoms with Crippen LogP contribution in [0.15, 0.2) is 53.4 Å². The van der Waals surface area contributed by atoms with Gasteiger partial charge in [0.1, 0.15) is 0 Å². The second kappa shape index (κ2) is 5.78. The zero-order valence-corrected chi connectivity index (χ0v) is 14.0. The van der Waals surface area contributed by atoms with Gasteiger partial charge in [-0.2, -0.15) is 0 Å². The number of ketones is 1. The molecule has 2 aromatic rings. The SMILES string of the molecule is Cc1ccc(C2=C(c3ccc(S(C)(=O)=O)cc3)CCC2=O)cc1. The first-order chi connectivity index (χ1) is 10.9. The van der Waals surface area contributed by atoms with E-state index in [2.05, 4.69) is 0 Å². The number of Topliss-reactive ketones (excluding diaryl/α,β-unsaturated/α-hetero) is 1. The van der Waals surface area contributed by atoms with Crippen LogP contribution in [0.25, 0.3) is 11.1 Å². The third-order valence-electron chi connectivity index (χ3n) is 4.15. The van der Waals surface area contributed by atoms with E-state index in [0.29, 0.717) is 17.7 Å². The summed E-state index contributed by atoms with van der Waals surface area (Å²) >= 11 is 0. The maximum atomic E-state index is 12.3. The van der Waals surface area contributed by atoms with Gasteiger partial charge >= 0.3 is 0 Å². The van der Waals surface area contributed by atoms with Gasteiger partial charge in [-0.1, -0.05) is 42.0 Å². The van der Waals surface area contributed by atoms with Crippen LogP contribution >= 0.6 is 0 Å². The van der Waals surface area contributed by atoms with Crippen LogP contribution in [-0.2, 0) is 14.6 Å². The summed E-state index contributed by atoms with van der Waals surface area (Å²) in [6.45, 7) is 2.01. The van der Waals surface area contributed by atoms with Gasteiger partial charge in [-0.25, -0.2) is 8.42 Å². The minimum atomic E-state index is -3.21. The maximum absolute atomic E-state index is 12.3. The molecule has 0 fully saturated rings.